The van der Waals surface area contributed by atoms with Crippen molar-refractivity contribution in [3.05, 3.63) is 35.9 Å². The maximum atomic E-state index is 13.0. The molecule has 1 amide bonds. The first-order chi connectivity index (χ1) is 11.1. The first kappa shape index (κ1) is 16.5. The monoisotopic (exact) mass is 314 g/mol. The zero-order valence-electron chi connectivity index (χ0n) is 14.7. The molecule has 1 unspecified atom stereocenters. The highest BCUT2D eigenvalue weighted by atomic mass is 16.2. The summed E-state index contributed by atoms with van der Waals surface area (Å²) in [6.07, 6.45) is 4.85. The van der Waals surface area contributed by atoms with Gasteiger partial charge >= 0.3 is 0 Å². The Balaban J connectivity index is 1.66. The molecule has 2 aliphatic rings. The molecule has 0 N–H and O–H groups in total. The Bertz CT molecular complexity index is 520. The van der Waals surface area contributed by atoms with E-state index in [9.17, 15) is 4.79 Å². The van der Waals surface area contributed by atoms with Gasteiger partial charge in [-0.2, -0.15) is 0 Å². The number of hydrogen-bond acceptors (Lipinski definition) is 2. The highest BCUT2D eigenvalue weighted by molar-refractivity contribution is 5.79. The fourth-order valence-corrected chi connectivity index (χ4v) is 3.23. The summed E-state index contributed by atoms with van der Waals surface area (Å²) in [4.78, 5) is 17.6. The quantitative estimate of drug-likeness (QED) is 0.730. The summed E-state index contributed by atoms with van der Waals surface area (Å²) in [6.45, 7) is 8.14. The Morgan fingerprint density at radius 3 is 2.17 bits per heavy atom. The molecule has 0 radical (unpaired) electrons. The van der Waals surface area contributed by atoms with Crippen LogP contribution in [0.1, 0.15) is 52.0 Å². The van der Waals surface area contributed by atoms with E-state index in [1.54, 1.807) is 0 Å². The largest absolute Gasteiger partial charge is 0.334 e. The van der Waals surface area contributed by atoms with Gasteiger partial charge in [-0.15, -0.1) is 0 Å². The molecule has 126 valence electrons. The van der Waals surface area contributed by atoms with Crippen molar-refractivity contribution < 1.29 is 4.79 Å². The molecule has 23 heavy (non-hydrogen) atoms. The molecular formula is C20H30N2O. The molecule has 1 aromatic carbocycles. The summed E-state index contributed by atoms with van der Waals surface area (Å²) < 4.78 is 0. The van der Waals surface area contributed by atoms with Crippen molar-refractivity contribution in [1.82, 2.24) is 9.80 Å². The number of rotatable bonds is 8. The van der Waals surface area contributed by atoms with Gasteiger partial charge in [0, 0.05) is 24.7 Å². The van der Waals surface area contributed by atoms with Gasteiger partial charge in [-0.3, -0.25) is 9.69 Å². The van der Waals surface area contributed by atoms with Crippen LogP contribution in [0, 0.1) is 5.92 Å². The van der Waals surface area contributed by atoms with Crippen LogP contribution in [0.4, 0.5) is 0 Å². The predicted octanol–water partition coefficient (Wildman–Crippen LogP) is 3.69. The molecule has 1 aromatic rings. The summed E-state index contributed by atoms with van der Waals surface area (Å²) in [5.41, 5.74) is 1.24. The van der Waals surface area contributed by atoms with Gasteiger partial charge in [0.2, 0.25) is 5.91 Å². The minimum absolute atomic E-state index is 0.316. The smallest absolute Gasteiger partial charge is 0.237 e. The third kappa shape index (κ3) is 4.35. The topological polar surface area (TPSA) is 23.6 Å². The molecule has 0 bridgehead atoms. The number of amides is 1. The lowest BCUT2D eigenvalue weighted by molar-refractivity contribution is -0.134. The number of carbonyl (C=O) groups is 1. The van der Waals surface area contributed by atoms with E-state index in [-0.39, 0.29) is 0 Å². The van der Waals surface area contributed by atoms with Crippen molar-refractivity contribution in [2.45, 2.75) is 71.1 Å². The van der Waals surface area contributed by atoms with Gasteiger partial charge in [0.25, 0.3) is 0 Å². The Kier molecular flexibility index (Phi) is 5.05. The van der Waals surface area contributed by atoms with Crippen LogP contribution in [0.5, 0.6) is 0 Å². The average Bonchev–Trinajstić information content (AvgIpc) is 3.42. The van der Waals surface area contributed by atoms with Crippen molar-refractivity contribution in [2.75, 3.05) is 6.54 Å². The average molecular weight is 314 g/mol. The lowest BCUT2D eigenvalue weighted by Crippen LogP contribution is -2.46. The van der Waals surface area contributed by atoms with E-state index in [1.165, 1.54) is 31.2 Å². The standard InChI is InChI=1S/C20H30N2O/c1-15(2)16(3)21(18-9-10-18)14-20(23)22(19-11-12-19)13-17-7-5-4-6-8-17/h4-8,15-16,18-19H,9-14H2,1-3H3. The van der Waals surface area contributed by atoms with Gasteiger partial charge in [-0.05, 0) is 44.1 Å². The second-order valence-electron chi connectivity index (χ2n) is 7.63. The summed E-state index contributed by atoms with van der Waals surface area (Å²) in [5.74, 6) is 0.905. The Labute approximate surface area is 140 Å². The number of benzene rings is 1. The van der Waals surface area contributed by atoms with Crippen LogP contribution in [0.2, 0.25) is 0 Å². The molecule has 3 heteroatoms. The van der Waals surface area contributed by atoms with Gasteiger partial charge in [-0.1, -0.05) is 44.2 Å². The van der Waals surface area contributed by atoms with Crippen molar-refractivity contribution >= 4 is 5.91 Å². The Morgan fingerprint density at radius 2 is 1.65 bits per heavy atom. The molecule has 0 heterocycles. The highest BCUT2D eigenvalue weighted by Crippen LogP contribution is 2.32. The number of carbonyl (C=O) groups excluding carboxylic acids is 1. The highest BCUT2D eigenvalue weighted by Gasteiger charge is 2.38. The van der Waals surface area contributed by atoms with E-state index >= 15 is 0 Å². The van der Waals surface area contributed by atoms with Crippen LogP contribution < -0.4 is 0 Å². The molecule has 0 aliphatic heterocycles. The van der Waals surface area contributed by atoms with Gasteiger partial charge < -0.3 is 4.90 Å². The summed E-state index contributed by atoms with van der Waals surface area (Å²) in [7, 11) is 0. The van der Waals surface area contributed by atoms with Gasteiger partial charge in [0.05, 0.1) is 6.54 Å². The summed E-state index contributed by atoms with van der Waals surface area (Å²) in [6, 6.07) is 12.0. The second kappa shape index (κ2) is 7.04. The van der Waals surface area contributed by atoms with Crippen molar-refractivity contribution in [1.29, 1.82) is 0 Å². The lowest BCUT2D eigenvalue weighted by Gasteiger charge is -2.33. The van der Waals surface area contributed by atoms with Crippen molar-refractivity contribution in [3.63, 3.8) is 0 Å². The molecule has 1 atom stereocenters. The normalized spacial score (nSPS) is 19.2. The molecule has 3 rings (SSSR count). The number of nitrogens with zero attached hydrogens (tertiary/aromatic N) is 2. The fourth-order valence-electron chi connectivity index (χ4n) is 3.23. The van der Waals surface area contributed by atoms with Crippen LogP contribution in [0.25, 0.3) is 0 Å². The molecule has 2 aliphatic carbocycles. The minimum atomic E-state index is 0.316. The van der Waals surface area contributed by atoms with Gasteiger partial charge in [-0.25, -0.2) is 0 Å². The Hall–Kier alpha value is -1.35. The Morgan fingerprint density at radius 1 is 1.04 bits per heavy atom. The molecule has 0 saturated heterocycles. The van der Waals surface area contributed by atoms with E-state index in [4.69, 9.17) is 0 Å². The molecule has 2 fully saturated rings. The first-order valence-electron chi connectivity index (χ1n) is 9.15. The first-order valence-corrected chi connectivity index (χ1v) is 9.15. The molecule has 0 aromatic heterocycles. The van der Waals surface area contributed by atoms with Gasteiger partial charge in [0.1, 0.15) is 0 Å². The van der Waals surface area contributed by atoms with Crippen LogP contribution >= 0.6 is 0 Å². The minimum Gasteiger partial charge on any atom is -0.334 e. The van der Waals surface area contributed by atoms with Crippen LogP contribution in [-0.2, 0) is 11.3 Å². The maximum Gasteiger partial charge on any atom is 0.237 e. The van der Waals surface area contributed by atoms with Crippen LogP contribution in [0.3, 0.4) is 0 Å². The molecule has 2 saturated carbocycles. The third-order valence-electron chi connectivity index (χ3n) is 5.33. The fraction of sp³-hybridized carbons (Fsp3) is 0.650. The van der Waals surface area contributed by atoms with Gasteiger partial charge in [0.15, 0.2) is 0 Å². The van der Waals surface area contributed by atoms with Crippen molar-refractivity contribution in [3.8, 4) is 0 Å². The molecular weight excluding hydrogens is 284 g/mol. The van der Waals surface area contributed by atoms with Crippen LogP contribution in [0.15, 0.2) is 30.3 Å². The van der Waals surface area contributed by atoms with Crippen LogP contribution in [-0.4, -0.2) is 40.4 Å². The SMILES string of the molecule is CC(C)C(C)N(CC(=O)N(Cc1ccccc1)C1CC1)C1CC1. The predicted molar refractivity (Wildman–Crippen MR) is 94.0 cm³/mol. The second-order valence-corrected chi connectivity index (χ2v) is 7.63. The van der Waals surface area contributed by atoms with E-state index in [0.717, 1.165) is 6.54 Å². The van der Waals surface area contributed by atoms with E-state index in [2.05, 4.69) is 54.8 Å². The van der Waals surface area contributed by atoms with Crippen molar-refractivity contribution in [2.24, 2.45) is 5.92 Å². The molecule has 0 spiro atoms. The number of hydrogen-bond donors (Lipinski definition) is 0. The summed E-state index contributed by atoms with van der Waals surface area (Å²) >= 11 is 0. The van der Waals surface area contributed by atoms with E-state index < -0.39 is 0 Å². The molecule has 3 nitrogen and oxygen atoms in total. The third-order valence-corrected chi connectivity index (χ3v) is 5.33. The summed E-state index contributed by atoms with van der Waals surface area (Å²) in [5, 5.41) is 0. The van der Waals surface area contributed by atoms with E-state index in [1.807, 2.05) is 6.07 Å². The zero-order chi connectivity index (χ0) is 16.4. The zero-order valence-corrected chi connectivity index (χ0v) is 14.7. The lowest BCUT2D eigenvalue weighted by atomic mass is 10.0. The maximum absolute atomic E-state index is 13.0. The van der Waals surface area contributed by atoms with E-state index in [0.29, 0.717) is 36.5 Å².